The van der Waals surface area contributed by atoms with Gasteiger partial charge in [-0.3, -0.25) is 4.79 Å². The minimum absolute atomic E-state index is 0.327. The number of ketones is 1. The van der Waals surface area contributed by atoms with Gasteiger partial charge in [-0.2, -0.15) is 0 Å². The van der Waals surface area contributed by atoms with Crippen LogP contribution in [0.25, 0.3) is 0 Å². The summed E-state index contributed by atoms with van der Waals surface area (Å²) in [5, 5.41) is 0. The number of fused-ring (bicyclic) bond motifs is 5. The molecule has 4 aliphatic rings. The van der Waals surface area contributed by atoms with Crippen molar-refractivity contribution in [2.45, 2.75) is 112 Å². The molecule has 8 atom stereocenters. The Morgan fingerprint density at radius 1 is 1.03 bits per heavy atom. The van der Waals surface area contributed by atoms with Crippen molar-refractivity contribution in [1.29, 1.82) is 0 Å². The van der Waals surface area contributed by atoms with Crippen LogP contribution in [0.4, 0.5) is 0 Å². The van der Waals surface area contributed by atoms with E-state index in [-0.39, 0.29) is 0 Å². The maximum atomic E-state index is 12.1. The van der Waals surface area contributed by atoms with Crippen LogP contribution in [0.5, 0.6) is 0 Å². The first-order valence-electron chi connectivity index (χ1n) is 13.4. The zero-order chi connectivity index (χ0) is 21.7. The molecular formula is C29H48O. The third kappa shape index (κ3) is 3.65. The first-order valence-corrected chi connectivity index (χ1v) is 13.4. The number of hydrogen-bond acceptors (Lipinski definition) is 1. The summed E-state index contributed by atoms with van der Waals surface area (Å²) in [4.78, 5) is 12.1. The standard InChI is InChI=1S/C29H48O/c1-7-21(19(2)3)9-8-20(4)25-12-13-26-24-11-10-22-18-23(30)14-16-28(22,5)27(24)15-17-29(25,26)6/h10,19-21,24-27H,7-9,11-18H2,1-6H3/t20-,21-,24+,25+,26+,27-,28-,29+/m1/s1. The van der Waals surface area contributed by atoms with Gasteiger partial charge in [0.25, 0.3) is 0 Å². The van der Waals surface area contributed by atoms with Crippen molar-refractivity contribution in [3.05, 3.63) is 11.6 Å². The van der Waals surface area contributed by atoms with Gasteiger partial charge in [-0.15, -0.1) is 0 Å². The molecular weight excluding hydrogens is 364 g/mol. The van der Waals surface area contributed by atoms with Crippen LogP contribution in [0.2, 0.25) is 0 Å². The monoisotopic (exact) mass is 412 g/mol. The molecule has 4 aliphatic carbocycles. The fourth-order valence-electron chi connectivity index (χ4n) is 9.14. The van der Waals surface area contributed by atoms with E-state index in [9.17, 15) is 4.79 Å². The van der Waals surface area contributed by atoms with Gasteiger partial charge in [0.1, 0.15) is 5.78 Å². The molecule has 3 fully saturated rings. The molecule has 0 radical (unpaired) electrons. The fraction of sp³-hybridized carbons (Fsp3) is 0.897. The lowest BCUT2D eigenvalue weighted by Crippen LogP contribution is -2.50. The van der Waals surface area contributed by atoms with Crippen LogP contribution in [0, 0.1) is 52.3 Å². The summed E-state index contributed by atoms with van der Waals surface area (Å²) in [5.41, 5.74) is 2.41. The number of carbonyl (C=O) groups is 1. The van der Waals surface area contributed by atoms with Gasteiger partial charge in [-0.25, -0.2) is 0 Å². The third-order valence-corrected chi connectivity index (χ3v) is 11.2. The largest absolute Gasteiger partial charge is 0.299 e. The van der Waals surface area contributed by atoms with Crippen molar-refractivity contribution in [3.63, 3.8) is 0 Å². The number of carbonyl (C=O) groups excluding carboxylic acids is 1. The molecule has 30 heavy (non-hydrogen) atoms. The molecule has 0 aromatic heterocycles. The Kier molecular flexibility index (Phi) is 6.33. The minimum atomic E-state index is 0.327. The summed E-state index contributed by atoms with van der Waals surface area (Å²) in [5.74, 6) is 6.66. The Bertz CT molecular complexity index is 674. The van der Waals surface area contributed by atoms with Crippen LogP contribution in [0.1, 0.15) is 112 Å². The Morgan fingerprint density at radius 3 is 2.50 bits per heavy atom. The minimum Gasteiger partial charge on any atom is -0.299 e. The first kappa shape index (κ1) is 22.6. The molecule has 0 unspecified atom stereocenters. The van der Waals surface area contributed by atoms with Crippen molar-refractivity contribution in [2.24, 2.45) is 52.3 Å². The van der Waals surface area contributed by atoms with E-state index in [1.54, 1.807) is 0 Å². The molecule has 0 spiro atoms. The number of Topliss-reactive ketones (excluding diaryl/α,β-unsaturated/α-hetero) is 1. The van der Waals surface area contributed by atoms with Gasteiger partial charge in [-0.1, -0.05) is 66.0 Å². The molecule has 1 heteroatoms. The van der Waals surface area contributed by atoms with Gasteiger partial charge in [0.05, 0.1) is 0 Å². The van der Waals surface area contributed by atoms with Crippen LogP contribution in [0.3, 0.4) is 0 Å². The summed E-state index contributed by atoms with van der Waals surface area (Å²) < 4.78 is 0. The third-order valence-electron chi connectivity index (χ3n) is 11.2. The maximum absolute atomic E-state index is 12.1. The Morgan fingerprint density at radius 2 is 1.80 bits per heavy atom. The lowest BCUT2D eigenvalue weighted by atomic mass is 9.47. The molecule has 170 valence electrons. The highest BCUT2D eigenvalue weighted by atomic mass is 16.1. The summed E-state index contributed by atoms with van der Waals surface area (Å²) in [6.45, 7) is 15.0. The number of allylic oxidation sites excluding steroid dienone is 2. The fourth-order valence-corrected chi connectivity index (χ4v) is 9.14. The summed E-state index contributed by atoms with van der Waals surface area (Å²) in [6, 6.07) is 0. The Balaban J connectivity index is 1.48. The highest BCUT2D eigenvalue weighted by Gasteiger charge is 2.59. The van der Waals surface area contributed by atoms with Gasteiger partial charge in [0, 0.05) is 12.8 Å². The average molecular weight is 413 g/mol. The van der Waals surface area contributed by atoms with Crippen LogP contribution in [0.15, 0.2) is 11.6 Å². The van der Waals surface area contributed by atoms with Gasteiger partial charge >= 0.3 is 0 Å². The molecule has 0 heterocycles. The molecule has 0 aliphatic heterocycles. The molecule has 1 nitrogen and oxygen atoms in total. The Hall–Kier alpha value is -0.590. The van der Waals surface area contributed by atoms with Crippen molar-refractivity contribution in [1.82, 2.24) is 0 Å². The molecule has 0 N–H and O–H groups in total. The van der Waals surface area contributed by atoms with Gasteiger partial charge in [-0.05, 0) is 97.2 Å². The van der Waals surface area contributed by atoms with E-state index in [1.807, 2.05) is 0 Å². The summed E-state index contributed by atoms with van der Waals surface area (Å²) in [7, 11) is 0. The quantitative estimate of drug-likeness (QED) is 0.401. The van der Waals surface area contributed by atoms with Crippen molar-refractivity contribution >= 4 is 5.78 Å². The zero-order valence-corrected chi connectivity index (χ0v) is 20.8. The van der Waals surface area contributed by atoms with Crippen LogP contribution >= 0.6 is 0 Å². The molecule has 0 aromatic rings. The van der Waals surface area contributed by atoms with Crippen molar-refractivity contribution in [3.8, 4) is 0 Å². The second kappa shape index (κ2) is 8.40. The second-order valence-electron chi connectivity index (χ2n) is 12.7. The van der Waals surface area contributed by atoms with Gasteiger partial charge in [0.2, 0.25) is 0 Å². The Labute approximate surface area is 186 Å². The average Bonchev–Trinajstić information content (AvgIpc) is 3.06. The summed E-state index contributed by atoms with van der Waals surface area (Å²) in [6.07, 6.45) is 16.5. The van der Waals surface area contributed by atoms with E-state index in [2.05, 4.69) is 47.6 Å². The van der Waals surface area contributed by atoms with Crippen LogP contribution < -0.4 is 0 Å². The molecule has 4 rings (SSSR count). The molecule has 0 saturated heterocycles. The first-order chi connectivity index (χ1) is 14.2. The SMILES string of the molecule is CC[C@H](CC[C@@H](C)[C@@H]1CC[C@H]2[C@@H]3CC=C4CC(=O)CC[C@@]4(C)[C@@H]3CC[C@]21C)C(C)C. The van der Waals surface area contributed by atoms with E-state index in [1.165, 1.54) is 56.9 Å². The molecule has 3 saturated carbocycles. The lowest BCUT2D eigenvalue weighted by Gasteiger charge is -2.58. The molecule has 0 amide bonds. The predicted molar refractivity (Wildman–Crippen MR) is 127 cm³/mol. The summed E-state index contributed by atoms with van der Waals surface area (Å²) >= 11 is 0. The number of hydrogen-bond donors (Lipinski definition) is 0. The van der Waals surface area contributed by atoms with E-state index in [0.717, 1.165) is 60.7 Å². The van der Waals surface area contributed by atoms with E-state index < -0.39 is 0 Å². The predicted octanol–water partition coefficient (Wildman–Crippen LogP) is 8.23. The maximum Gasteiger partial charge on any atom is 0.136 e. The lowest BCUT2D eigenvalue weighted by molar-refractivity contribution is -0.122. The van der Waals surface area contributed by atoms with E-state index >= 15 is 0 Å². The van der Waals surface area contributed by atoms with Crippen molar-refractivity contribution in [2.75, 3.05) is 0 Å². The smallest absolute Gasteiger partial charge is 0.136 e. The van der Waals surface area contributed by atoms with Crippen LogP contribution in [-0.4, -0.2) is 5.78 Å². The second-order valence-corrected chi connectivity index (χ2v) is 12.7. The van der Waals surface area contributed by atoms with Crippen LogP contribution in [-0.2, 0) is 4.79 Å². The normalized spacial score (nSPS) is 42.9. The number of rotatable bonds is 6. The zero-order valence-electron chi connectivity index (χ0n) is 20.8. The van der Waals surface area contributed by atoms with E-state index in [0.29, 0.717) is 16.6 Å². The topological polar surface area (TPSA) is 17.1 Å². The highest BCUT2D eigenvalue weighted by Crippen LogP contribution is 2.67. The van der Waals surface area contributed by atoms with Crippen molar-refractivity contribution < 1.29 is 4.79 Å². The van der Waals surface area contributed by atoms with Gasteiger partial charge in [0.15, 0.2) is 0 Å². The highest BCUT2D eigenvalue weighted by molar-refractivity contribution is 5.82. The molecule has 0 bridgehead atoms. The molecule has 0 aromatic carbocycles. The van der Waals surface area contributed by atoms with E-state index in [4.69, 9.17) is 0 Å². The van der Waals surface area contributed by atoms with Gasteiger partial charge < -0.3 is 0 Å².